The molecular formula is C13H10N2O5. The van der Waals surface area contributed by atoms with Crippen LogP contribution in [0.4, 0.5) is 0 Å². The molecule has 0 unspecified atom stereocenters. The molecule has 1 aliphatic rings. The first kappa shape index (κ1) is 12.2. The van der Waals surface area contributed by atoms with Crippen molar-refractivity contribution in [1.29, 1.82) is 0 Å². The van der Waals surface area contributed by atoms with Crippen molar-refractivity contribution >= 4 is 11.9 Å². The molecule has 2 aromatic rings. The third-order valence-electron chi connectivity index (χ3n) is 3.07. The van der Waals surface area contributed by atoms with E-state index in [1.54, 1.807) is 22.8 Å². The van der Waals surface area contributed by atoms with Crippen LogP contribution >= 0.6 is 0 Å². The third-order valence-corrected chi connectivity index (χ3v) is 3.07. The van der Waals surface area contributed by atoms with Gasteiger partial charge in [-0.15, -0.1) is 0 Å². The fraction of sp³-hybridized carbons (Fsp3) is 0.154. The van der Waals surface area contributed by atoms with Crippen molar-refractivity contribution < 1.29 is 24.2 Å². The number of carbonyl (C=O) groups is 2. The van der Waals surface area contributed by atoms with Crippen LogP contribution in [0.2, 0.25) is 0 Å². The number of hydrogen-bond donors (Lipinski definition) is 1. The quantitative estimate of drug-likeness (QED) is 0.829. The number of benzene rings is 1. The lowest BCUT2D eigenvalue weighted by Gasteiger charge is -2.20. The van der Waals surface area contributed by atoms with Gasteiger partial charge in [0.2, 0.25) is 0 Å². The van der Waals surface area contributed by atoms with Gasteiger partial charge in [-0.05, 0) is 18.2 Å². The number of imidazole rings is 1. The summed E-state index contributed by atoms with van der Waals surface area (Å²) in [5, 5.41) is 9.05. The van der Waals surface area contributed by atoms with E-state index in [1.807, 2.05) is 0 Å². The molecule has 0 amide bonds. The van der Waals surface area contributed by atoms with Gasteiger partial charge in [-0.25, -0.2) is 14.6 Å². The molecule has 3 rings (SSSR count). The molecule has 0 bridgehead atoms. The molecule has 0 atom stereocenters. The molecule has 0 saturated carbocycles. The highest BCUT2D eigenvalue weighted by Crippen LogP contribution is 2.31. The van der Waals surface area contributed by atoms with Crippen LogP contribution in [-0.2, 0) is 11.3 Å². The summed E-state index contributed by atoms with van der Waals surface area (Å²) >= 11 is 0. The number of carboxylic acids is 1. The van der Waals surface area contributed by atoms with E-state index in [-0.39, 0.29) is 12.3 Å². The molecule has 102 valence electrons. The van der Waals surface area contributed by atoms with Crippen LogP contribution in [0.1, 0.15) is 26.5 Å². The van der Waals surface area contributed by atoms with Crippen molar-refractivity contribution in [3.8, 4) is 11.4 Å². The maximum atomic E-state index is 11.5. The number of rotatable bonds is 2. The Hall–Kier alpha value is -2.83. The van der Waals surface area contributed by atoms with Crippen LogP contribution in [0.25, 0.3) is 5.69 Å². The van der Waals surface area contributed by atoms with Gasteiger partial charge in [0.15, 0.2) is 5.69 Å². The van der Waals surface area contributed by atoms with Crippen LogP contribution in [0.3, 0.4) is 0 Å². The number of ether oxygens (including phenoxy) is 2. The van der Waals surface area contributed by atoms with Crippen LogP contribution in [0, 0.1) is 0 Å². The zero-order valence-electron chi connectivity index (χ0n) is 10.5. The summed E-state index contributed by atoms with van der Waals surface area (Å²) in [5.41, 5.74) is 1.30. The Labute approximate surface area is 113 Å². The number of aromatic nitrogens is 2. The fourth-order valence-electron chi connectivity index (χ4n) is 2.12. The third kappa shape index (κ3) is 1.71. The molecule has 1 aliphatic heterocycles. The molecule has 0 fully saturated rings. The van der Waals surface area contributed by atoms with E-state index < -0.39 is 11.9 Å². The Bertz CT molecular complexity index is 720. The Balaban J connectivity index is 2.15. The lowest BCUT2D eigenvalue weighted by atomic mass is 10.1. The number of aromatic carboxylic acids is 1. The van der Waals surface area contributed by atoms with E-state index in [0.29, 0.717) is 22.7 Å². The largest absolute Gasteiger partial charge is 0.485 e. The number of esters is 1. The number of fused-ring (bicyclic) bond motifs is 3. The van der Waals surface area contributed by atoms with Crippen molar-refractivity contribution in [3.63, 3.8) is 0 Å². The fourth-order valence-corrected chi connectivity index (χ4v) is 2.12. The van der Waals surface area contributed by atoms with Crippen molar-refractivity contribution in [3.05, 3.63) is 41.5 Å². The second kappa shape index (κ2) is 4.37. The predicted octanol–water partition coefficient (Wildman–Crippen LogP) is 1.25. The molecule has 1 aromatic carbocycles. The number of nitrogens with zero attached hydrogens (tertiary/aromatic N) is 2. The molecule has 7 heteroatoms. The van der Waals surface area contributed by atoms with Gasteiger partial charge in [-0.3, -0.25) is 4.57 Å². The number of methoxy groups -OCH3 is 1. The first-order valence-electron chi connectivity index (χ1n) is 5.77. The van der Waals surface area contributed by atoms with E-state index in [2.05, 4.69) is 9.72 Å². The molecule has 0 spiro atoms. The molecule has 0 aliphatic carbocycles. The van der Waals surface area contributed by atoms with Crippen molar-refractivity contribution in [1.82, 2.24) is 9.55 Å². The Kier molecular flexibility index (Phi) is 2.67. The Morgan fingerprint density at radius 2 is 2.25 bits per heavy atom. The zero-order chi connectivity index (χ0) is 14.3. The topological polar surface area (TPSA) is 90.7 Å². The van der Waals surface area contributed by atoms with Crippen LogP contribution in [-0.4, -0.2) is 33.7 Å². The highest BCUT2D eigenvalue weighted by Gasteiger charge is 2.25. The van der Waals surface area contributed by atoms with Gasteiger partial charge in [0.1, 0.15) is 18.7 Å². The van der Waals surface area contributed by atoms with Gasteiger partial charge < -0.3 is 14.6 Å². The van der Waals surface area contributed by atoms with E-state index in [4.69, 9.17) is 9.84 Å². The average molecular weight is 274 g/mol. The van der Waals surface area contributed by atoms with Gasteiger partial charge in [0, 0.05) is 0 Å². The second-order valence-electron chi connectivity index (χ2n) is 4.18. The van der Waals surface area contributed by atoms with Crippen LogP contribution in [0.5, 0.6) is 5.75 Å². The molecule has 1 aromatic heterocycles. The lowest BCUT2D eigenvalue weighted by molar-refractivity contribution is 0.0599. The molecule has 7 nitrogen and oxygen atoms in total. The predicted molar refractivity (Wildman–Crippen MR) is 66.2 cm³/mol. The summed E-state index contributed by atoms with van der Waals surface area (Å²) in [7, 11) is 1.30. The molecule has 0 radical (unpaired) electrons. The van der Waals surface area contributed by atoms with Crippen LogP contribution in [0.15, 0.2) is 24.5 Å². The standard InChI is InChI=1S/C13H10N2O5/c1-19-13(18)7-2-3-10-8(4-7)15-6-14-11(12(16)17)9(15)5-20-10/h2-4,6H,5H2,1H3,(H,16,17). The van der Waals surface area contributed by atoms with Crippen molar-refractivity contribution in [2.24, 2.45) is 0 Å². The molecule has 0 saturated heterocycles. The summed E-state index contributed by atoms with van der Waals surface area (Å²) in [6.45, 7) is 0.117. The van der Waals surface area contributed by atoms with Crippen molar-refractivity contribution in [2.75, 3.05) is 7.11 Å². The summed E-state index contributed by atoms with van der Waals surface area (Å²) in [6, 6.07) is 4.81. The van der Waals surface area contributed by atoms with Crippen molar-refractivity contribution in [2.45, 2.75) is 6.61 Å². The molecule has 1 N–H and O–H groups in total. The van der Waals surface area contributed by atoms with Gasteiger partial charge in [0.25, 0.3) is 0 Å². The van der Waals surface area contributed by atoms with E-state index in [9.17, 15) is 9.59 Å². The summed E-state index contributed by atoms with van der Waals surface area (Å²) in [6.07, 6.45) is 1.40. The van der Waals surface area contributed by atoms with E-state index >= 15 is 0 Å². The van der Waals surface area contributed by atoms with E-state index in [0.717, 1.165) is 0 Å². The van der Waals surface area contributed by atoms with E-state index in [1.165, 1.54) is 13.4 Å². The normalized spacial score (nSPS) is 12.1. The number of hydrogen-bond acceptors (Lipinski definition) is 5. The first-order chi connectivity index (χ1) is 9.61. The smallest absolute Gasteiger partial charge is 0.356 e. The summed E-state index contributed by atoms with van der Waals surface area (Å²) < 4.78 is 11.8. The number of carbonyl (C=O) groups excluding carboxylic acids is 1. The van der Waals surface area contributed by atoms with Gasteiger partial charge in [0.05, 0.1) is 24.1 Å². The molecule has 2 heterocycles. The van der Waals surface area contributed by atoms with Gasteiger partial charge in [-0.1, -0.05) is 0 Å². The summed E-state index contributed by atoms with van der Waals surface area (Å²) in [5.74, 6) is -1.03. The first-order valence-corrected chi connectivity index (χ1v) is 5.77. The summed E-state index contributed by atoms with van der Waals surface area (Å²) in [4.78, 5) is 26.5. The molecule has 20 heavy (non-hydrogen) atoms. The second-order valence-corrected chi connectivity index (χ2v) is 4.18. The lowest BCUT2D eigenvalue weighted by Crippen LogP contribution is -2.15. The SMILES string of the molecule is COC(=O)c1ccc2c(c1)-n1cnc(C(=O)O)c1CO2. The minimum Gasteiger partial charge on any atom is -0.485 e. The molecular weight excluding hydrogens is 264 g/mol. The Morgan fingerprint density at radius 3 is 2.95 bits per heavy atom. The Morgan fingerprint density at radius 1 is 1.45 bits per heavy atom. The highest BCUT2D eigenvalue weighted by atomic mass is 16.5. The number of carboxylic acid groups (broad SMARTS) is 1. The average Bonchev–Trinajstić information content (AvgIpc) is 2.90. The zero-order valence-corrected chi connectivity index (χ0v) is 10.5. The van der Waals surface area contributed by atoms with Gasteiger partial charge in [-0.2, -0.15) is 0 Å². The highest BCUT2D eigenvalue weighted by molar-refractivity contribution is 5.91. The minimum absolute atomic E-state index is 0.0564. The van der Waals surface area contributed by atoms with Crippen LogP contribution < -0.4 is 4.74 Å². The van der Waals surface area contributed by atoms with Gasteiger partial charge >= 0.3 is 11.9 Å². The monoisotopic (exact) mass is 274 g/mol. The maximum absolute atomic E-state index is 11.5. The maximum Gasteiger partial charge on any atom is 0.356 e. The minimum atomic E-state index is -1.12.